The normalized spacial score (nSPS) is 15.9. The molecule has 27 heavy (non-hydrogen) atoms. The van der Waals surface area contributed by atoms with Crippen molar-refractivity contribution in [1.82, 2.24) is 16.0 Å². The number of aliphatic hydroxyl groups excluding tert-OH is 1. The molecular formula is C18H37N5O4. The van der Waals surface area contributed by atoms with Gasteiger partial charge in [-0.3, -0.25) is 14.4 Å². The van der Waals surface area contributed by atoms with Gasteiger partial charge in [0, 0.05) is 12.5 Å². The van der Waals surface area contributed by atoms with Crippen molar-refractivity contribution in [2.24, 2.45) is 23.3 Å². The van der Waals surface area contributed by atoms with Crippen LogP contribution in [0.3, 0.4) is 0 Å². The van der Waals surface area contributed by atoms with Crippen molar-refractivity contribution >= 4 is 17.6 Å². The van der Waals surface area contributed by atoms with Crippen LogP contribution in [0, 0.1) is 11.8 Å². The lowest BCUT2D eigenvalue weighted by molar-refractivity contribution is -0.135. The van der Waals surface area contributed by atoms with Gasteiger partial charge in [0.25, 0.3) is 0 Å². The molecule has 9 nitrogen and oxygen atoms in total. The van der Waals surface area contributed by atoms with Crippen molar-refractivity contribution in [2.45, 2.75) is 65.3 Å². The molecule has 0 spiro atoms. The summed E-state index contributed by atoms with van der Waals surface area (Å²) in [5, 5.41) is 18.1. The van der Waals surface area contributed by atoms with Gasteiger partial charge in [-0.15, -0.1) is 0 Å². The fraction of sp³-hybridized carbons (Fsp3) is 0.833. The molecule has 0 saturated carbocycles. The van der Waals surface area contributed by atoms with Crippen LogP contribution in [0.25, 0.3) is 0 Å². The summed E-state index contributed by atoms with van der Waals surface area (Å²) in [4.78, 5) is 37.2. The minimum atomic E-state index is -1.20. The molecule has 2 amide bonds. The first-order valence-electron chi connectivity index (χ1n) is 9.51. The standard InChI is InChI=1S/C18H37N5O4/c1-10(2)9-21-14(8-20)17(26)23-15(12(5)24)18(27)22-13(6-7-19)16(25)11(3)4/h10-15,21,24H,6-9,19-20H2,1-5H3,(H,22,27)(H,23,26)/t12-,13-,14-,15-/m0/s1. The smallest absolute Gasteiger partial charge is 0.245 e. The molecule has 0 bridgehead atoms. The summed E-state index contributed by atoms with van der Waals surface area (Å²) in [6.07, 6.45) is -0.866. The summed E-state index contributed by atoms with van der Waals surface area (Å²) in [6, 6.07) is -2.64. The average molecular weight is 388 g/mol. The molecule has 0 radical (unpaired) electrons. The van der Waals surface area contributed by atoms with Gasteiger partial charge in [0.1, 0.15) is 6.04 Å². The number of hydrogen-bond acceptors (Lipinski definition) is 7. The number of rotatable bonds is 13. The molecule has 9 heteroatoms. The van der Waals surface area contributed by atoms with E-state index in [9.17, 15) is 19.5 Å². The predicted molar refractivity (Wildman–Crippen MR) is 105 cm³/mol. The fourth-order valence-corrected chi connectivity index (χ4v) is 2.44. The zero-order valence-corrected chi connectivity index (χ0v) is 17.1. The van der Waals surface area contributed by atoms with Gasteiger partial charge in [0.2, 0.25) is 11.8 Å². The lowest BCUT2D eigenvalue weighted by Gasteiger charge is -2.27. The summed E-state index contributed by atoms with van der Waals surface area (Å²) in [5.41, 5.74) is 11.2. The van der Waals surface area contributed by atoms with E-state index in [1.165, 1.54) is 6.92 Å². The van der Waals surface area contributed by atoms with Crippen LogP contribution in [0.1, 0.15) is 41.0 Å². The highest BCUT2D eigenvalue weighted by Gasteiger charge is 2.31. The molecule has 0 fully saturated rings. The zero-order chi connectivity index (χ0) is 21.1. The molecule has 8 N–H and O–H groups in total. The van der Waals surface area contributed by atoms with Crippen LogP contribution in [-0.2, 0) is 14.4 Å². The van der Waals surface area contributed by atoms with Crippen LogP contribution in [0.5, 0.6) is 0 Å². The lowest BCUT2D eigenvalue weighted by Crippen LogP contribution is -2.60. The molecule has 4 atom stereocenters. The molecule has 0 heterocycles. The third-order valence-corrected chi connectivity index (χ3v) is 4.07. The number of Topliss-reactive ketones (excluding diaryl/α,β-unsaturated/α-hetero) is 1. The van der Waals surface area contributed by atoms with Crippen molar-refractivity contribution < 1.29 is 19.5 Å². The van der Waals surface area contributed by atoms with Crippen LogP contribution < -0.4 is 27.4 Å². The van der Waals surface area contributed by atoms with Crippen LogP contribution in [0.15, 0.2) is 0 Å². The van der Waals surface area contributed by atoms with Gasteiger partial charge < -0.3 is 32.5 Å². The third kappa shape index (κ3) is 9.28. The number of carbonyl (C=O) groups is 3. The first kappa shape index (κ1) is 25.4. The van der Waals surface area contributed by atoms with Crippen molar-refractivity contribution in [2.75, 3.05) is 19.6 Å². The van der Waals surface area contributed by atoms with Gasteiger partial charge >= 0.3 is 0 Å². The molecule has 0 unspecified atom stereocenters. The maximum atomic E-state index is 12.6. The SMILES string of the molecule is CC(C)CN[C@@H](CN)C(=O)N[C@H](C(=O)N[C@@H](CCN)C(=O)C(C)C)[C@H](C)O. The maximum Gasteiger partial charge on any atom is 0.245 e. The minimum absolute atomic E-state index is 0.0499. The predicted octanol–water partition coefficient (Wildman–Crippen LogP) is -1.52. The van der Waals surface area contributed by atoms with Crippen LogP contribution in [0.2, 0.25) is 0 Å². The Morgan fingerprint density at radius 1 is 0.926 bits per heavy atom. The Hall–Kier alpha value is -1.55. The van der Waals surface area contributed by atoms with Gasteiger partial charge in [0.05, 0.1) is 18.2 Å². The van der Waals surface area contributed by atoms with Gasteiger partial charge in [-0.2, -0.15) is 0 Å². The monoisotopic (exact) mass is 387 g/mol. The zero-order valence-electron chi connectivity index (χ0n) is 17.1. The molecule has 0 aromatic carbocycles. The Kier molecular flexibility index (Phi) is 12.0. The summed E-state index contributed by atoms with van der Waals surface area (Å²) in [7, 11) is 0. The van der Waals surface area contributed by atoms with E-state index in [1.54, 1.807) is 13.8 Å². The van der Waals surface area contributed by atoms with Gasteiger partial charge in [-0.25, -0.2) is 0 Å². The average Bonchev–Trinajstić information content (AvgIpc) is 2.58. The quantitative estimate of drug-likeness (QED) is 0.224. The Labute approximate surface area is 162 Å². The van der Waals surface area contributed by atoms with E-state index >= 15 is 0 Å². The highest BCUT2D eigenvalue weighted by Crippen LogP contribution is 2.05. The van der Waals surface area contributed by atoms with E-state index in [0.29, 0.717) is 12.5 Å². The Morgan fingerprint density at radius 2 is 1.52 bits per heavy atom. The molecule has 0 aromatic heterocycles. The first-order valence-corrected chi connectivity index (χ1v) is 9.51. The van der Waals surface area contributed by atoms with Crippen LogP contribution in [0.4, 0.5) is 0 Å². The number of nitrogens with one attached hydrogen (secondary N) is 3. The van der Waals surface area contributed by atoms with Crippen molar-refractivity contribution in [3.05, 3.63) is 0 Å². The fourth-order valence-electron chi connectivity index (χ4n) is 2.44. The molecule has 0 rings (SSSR count). The molecule has 0 aromatic rings. The van der Waals surface area contributed by atoms with E-state index in [-0.39, 0.29) is 31.2 Å². The van der Waals surface area contributed by atoms with Crippen molar-refractivity contribution in [3.63, 3.8) is 0 Å². The molecular weight excluding hydrogens is 350 g/mol. The second-order valence-corrected chi connectivity index (χ2v) is 7.51. The molecule has 0 saturated heterocycles. The van der Waals surface area contributed by atoms with Gasteiger partial charge in [-0.1, -0.05) is 27.7 Å². The molecule has 158 valence electrons. The Balaban J connectivity index is 5.10. The first-order chi connectivity index (χ1) is 12.5. The third-order valence-electron chi connectivity index (χ3n) is 4.07. The number of ketones is 1. The minimum Gasteiger partial charge on any atom is -0.391 e. The number of nitrogens with two attached hydrogens (primary N) is 2. The number of carbonyl (C=O) groups excluding carboxylic acids is 3. The Morgan fingerprint density at radius 3 is 1.93 bits per heavy atom. The summed E-state index contributed by atoms with van der Waals surface area (Å²) < 4.78 is 0. The maximum absolute atomic E-state index is 12.6. The summed E-state index contributed by atoms with van der Waals surface area (Å²) in [6.45, 7) is 9.71. The van der Waals surface area contributed by atoms with E-state index < -0.39 is 36.0 Å². The van der Waals surface area contributed by atoms with E-state index in [1.807, 2.05) is 13.8 Å². The van der Waals surface area contributed by atoms with E-state index in [0.717, 1.165) is 0 Å². The number of aliphatic hydroxyl groups is 1. The van der Waals surface area contributed by atoms with E-state index in [2.05, 4.69) is 16.0 Å². The largest absolute Gasteiger partial charge is 0.391 e. The van der Waals surface area contributed by atoms with E-state index in [4.69, 9.17) is 11.5 Å². The summed E-state index contributed by atoms with van der Waals surface area (Å²) in [5.74, 6) is -1.22. The van der Waals surface area contributed by atoms with Crippen LogP contribution in [-0.4, -0.2) is 66.6 Å². The second-order valence-electron chi connectivity index (χ2n) is 7.51. The molecule has 0 aliphatic rings. The van der Waals surface area contributed by atoms with Gasteiger partial charge in [-0.05, 0) is 32.4 Å². The molecule has 0 aliphatic heterocycles. The van der Waals surface area contributed by atoms with Crippen molar-refractivity contribution in [1.29, 1.82) is 0 Å². The molecule has 0 aliphatic carbocycles. The highest BCUT2D eigenvalue weighted by atomic mass is 16.3. The van der Waals surface area contributed by atoms with Gasteiger partial charge in [0.15, 0.2) is 5.78 Å². The number of amides is 2. The second kappa shape index (κ2) is 12.8. The number of hydrogen-bond donors (Lipinski definition) is 6. The topological polar surface area (TPSA) is 160 Å². The highest BCUT2D eigenvalue weighted by molar-refractivity contribution is 5.94. The van der Waals surface area contributed by atoms with Crippen LogP contribution >= 0.6 is 0 Å². The lowest BCUT2D eigenvalue weighted by atomic mass is 9.98. The van der Waals surface area contributed by atoms with Crippen molar-refractivity contribution in [3.8, 4) is 0 Å². The Bertz CT molecular complexity index is 482. The summed E-state index contributed by atoms with van der Waals surface area (Å²) >= 11 is 0.